The van der Waals surface area contributed by atoms with E-state index in [1.54, 1.807) is 0 Å². The highest BCUT2D eigenvalue weighted by atomic mass is 35.5. The maximum atomic E-state index is 6.18. The van der Waals surface area contributed by atoms with Gasteiger partial charge in [0.1, 0.15) is 0 Å². The molecule has 31 heavy (non-hydrogen) atoms. The van der Waals surface area contributed by atoms with Crippen molar-refractivity contribution in [2.45, 2.75) is 12.8 Å². The van der Waals surface area contributed by atoms with Gasteiger partial charge in [0.25, 0.3) is 0 Å². The summed E-state index contributed by atoms with van der Waals surface area (Å²) >= 11 is 6.18. The van der Waals surface area contributed by atoms with Crippen molar-refractivity contribution in [1.82, 2.24) is 15.0 Å². The first-order chi connectivity index (χ1) is 15.3. The van der Waals surface area contributed by atoms with Crippen molar-refractivity contribution >= 4 is 17.2 Å². The average molecular weight is 422 g/mol. The minimum Gasteiger partial charge on any atom is -0.208 e. The normalized spacial score (nSPS) is 13.1. The quantitative estimate of drug-likeness (QED) is 0.348. The molecule has 1 aliphatic rings. The molecular weight excluding hydrogens is 402 g/mol. The van der Waals surface area contributed by atoms with E-state index in [1.807, 2.05) is 42.5 Å². The molecule has 0 saturated carbocycles. The highest BCUT2D eigenvalue weighted by Gasteiger charge is 2.10. The Morgan fingerprint density at radius 1 is 0.581 bits per heavy atom. The molecule has 0 amide bonds. The molecule has 3 nitrogen and oxygen atoms in total. The second-order valence-electron chi connectivity index (χ2n) is 7.43. The zero-order valence-corrected chi connectivity index (χ0v) is 17.6. The van der Waals surface area contributed by atoms with Gasteiger partial charge in [-0.3, -0.25) is 0 Å². The number of nitrogens with zero attached hydrogens (tertiary/aromatic N) is 3. The van der Waals surface area contributed by atoms with Gasteiger partial charge >= 0.3 is 0 Å². The number of hydrogen-bond acceptors (Lipinski definition) is 3. The first-order valence-corrected chi connectivity index (χ1v) is 10.7. The van der Waals surface area contributed by atoms with Crippen LogP contribution in [0.2, 0.25) is 5.28 Å². The molecule has 0 saturated heterocycles. The number of hydrogen-bond donors (Lipinski definition) is 0. The van der Waals surface area contributed by atoms with Crippen molar-refractivity contribution in [3.05, 3.63) is 108 Å². The van der Waals surface area contributed by atoms with Crippen molar-refractivity contribution in [1.29, 1.82) is 0 Å². The van der Waals surface area contributed by atoms with Gasteiger partial charge in [-0.1, -0.05) is 97.1 Å². The van der Waals surface area contributed by atoms with E-state index >= 15 is 0 Å². The third-order valence-corrected chi connectivity index (χ3v) is 5.56. The van der Waals surface area contributed by atoms with Crippen LogP contribution in [-0.4, -0.2) is 15.0 Å². The monoisotopic (exact) mass is 421 g/mol. The van der Waals surface area contributed by atoms with Crippen LogP contribution in [0.5, 0.6) is 0 Å². The first kappa shape index (κ1) is 19.4. The molecule has 150 valence electrons. The summed E-state index contributed by atoms with van der Waals surface area (Å²) in [5.74, 6) is 1.14. The molecule has 1 aromatic heterocycles. The van der Waals surface area contributed by atoms with Gasteiger partial charge in [0, 0.05) is 11.1 Å². The summed E-state index contributed by atoms with van der Waals surface area (Å²) < 4.78 is 0. The Labute approximate surface area is 186 Å². The second kappa shape index (κ2) is 8.66. The summed E-state index contributed by atoms with van der Waals surface area (Å²) in [7, 11) is 0. The Bertz CT molecular complexity index is 1260. The Hall–Kier alpha value is -3.56. The molecule has 1 aliphatic carbocycles. The zero-order valence-electron chi connectivity index (χ0n) is 16.9. The number of halogens is 1. The van der Waals surface area contributed by atoms with E-state index in [0.717, 1.165) is 29.5 Å². The number of rotatable bonds is 4. The van der Waals surface area contributed by atoms with Crippen LogP contribution >= 0.6 is 11.6 Å². The Morgan fingerprint density at radius 2 is 1.13 bits per heavy atom. The van der Waals surface area contributed by atoms with E-state index in [1.165, 1.54) is 16.7 Å². The van der Waals surface area contributed by atoms with Crippen LogP contribution in [0.3, 0.4) is 0 Å². The van der Waals surface area contributed by atoms with E-state index in [2.05, 4.69) is 69.6 Å². The van der Waals surface area contributed by atoms with Gasteiger partial charge in [-0.2, -0.15) is 9.97 Å². The van der Waals surface area contributed by atoms with Gasteiger partial charge in [0.2, 0.25) is 5.28 Å². The van der Waals surface area contributed by atoms with Crippen LogP contribution in [0.4, 0.5) is 0 Å². The third-order valence-electron chi connectivity index (χ3n) is 5.39. The fourth-order valence-corrected chi connectivity index (χ4v) is 3.89. The number of aromatic nitrogens is 3. The summed E-state index contributed by atoms with van der Waals surface area (Å²) in [6, 6.07) is 26.8. The average Bonchev–Trinajstić information content (AvgIpc) is 2.85. The molecule has 5 rings (SSSR count). The summed E-state index contributed by atoms with van der Waals surface area (Å²) in [6.07, 6.45) is 8.77. The summed E-state index contributed by atoms with van der Waals surface area (Å²) in [6.45, 7) is 0. The van der Waals surface area contributed by atoms with Crippen LogP contribution in [-0.2, 0) is 0 Å². The lowest BCUT2D eigenvalue weighted by atomic mass is 9.95. The molecule has 0 spiro atoms. The predicted octanol–water partition coefficient (Wildman–Crippen LogP) is 7.26. The molecular formula is C27H20ClN3. The third kappa shape index (κ3) is 4.32. The van der Waals surface area contributed by atoms with Gasteiger partial charge in [0.05, 0.1) is 0 Å². The van der Waals surface area contributed by atoms with Crippen molar-refractivity contribution in [3.8, 4) is 33.9 Å². The smallest absolute Gasteiger partial charge is 0.208 e. The van der Waals surface area contributed by atoms with E-state index in [4.69, 9.17) is 11.6 Å². The molecule has 4 aromatic rings. The highest BCUT2D eigenvalue weighted by molar-refractivity contribution is 6.28. The van der Waals surface area contributed by atoms with E-state index in [9.17, 15) is 0 Å². The zero-order chi connectivity index (χ0) is 21.0. The van der Waals surface area contributed by atoms with E-state index < -0.39 is 0 Å². The second-order valence-corrected chi connectivity index (χ2v) is 7.77. The Kier molecular flexibility index (Phi) is 5.42. The van der Waals surface area contributed by atoms with Crippen LogP contribution in [0, 0.1) is 0 Å². The highest BCUT2D eigenvalue weighted by Crippen LogP contribution is 2.28. The molecule has 1 heterocycles. The molecule has 0 N–H and O–H groups in total. The van der Waals surface area contributed by atoms with Crippen molar-refractivity contribution in [2.75, 3.05) is 0 Å². The Balaban J connectivity index is 1.41. The van der Waals surface area contributed by atoms with Gasteiger partial charge < -0.3 is 0 Å². The van der Waals surface area contributed by atoms with E-state index in [-0.39, 0.29) is 5.28 Å². The lowest BCUT2D eigenvalue weighted by molar-refractivity contribution is 1.05. The Morgan fingerprint density at radius 3 is 1.71 bits per heavy atom. The topological polar surface area (TPSA) is 38.7 Å². The molecule has 0 atom stereocenters. The molecule has 0 bridgehead atoms. The van der Waals surface area contributed by atoms with Crippen LogP contribution in [0.25, 0.3) is 39.5 Å². The largest absolute Gasteiger partial charge is 0.226 e. The maximum absolute atomic E-state index is 6.18. The fraction of sp³-hybridized carbons (Fsp3) is 0.0741. The molecule has 0 radical (unpaired) electrons. The van der Waals surface area contributed by atoms with Gasteiger partial charge in [-0.15, -0.1) is 0 Å². The van der Waals surface area contributed by atoms with Gasteiger partial charge in [-0.25, -0.2) is 4.98 Å². The fourth-order valence-electron chi connectivity index (χ4n) is 3.73. The molecule has 0 fully saturated rings. The minimum absolute atomic E-state index is 0.190. The van der Waals surface area contributed by atoms with Crippen LogP contribution in [0.1, 0.15) is 18.4 Å². The van der Waals surface area contributed by atoms with E-state index in [0.29, 0.717) is 11.6 Å². The summed E-state index contributed by atoms with van der Waals surface area (Å²) in [5.41, 5.74) is 6.83. The molecule has 3 aromatic carbocycles. The molecule has 4 heteroatoms. The van der Waals surface area contributed by atoms with Gasteiger partial charge in [0.15, 0.2) is 11.6 Å². The summed E-state index contributed by atoms with van der Waals surface area (Å²) in [5, 5.41) is 0.190. The van der Waals surface area contributed by atoms with Crippen molar-refractivity contribution in [3.63, 3.8) is 0 Å². The standard InChI is InChI=1S/C27H20ClN3/c28-27-30-25(23-9-5-2-6-10-23)29-26(31-27)24-17-15-22(16-18-24)21-13-11-20(12-14-21)19-7-3-1-4-8-19/h1-3,5-7,9-18H,4,8H2. The van der Waals surface area contributed by atoms with Crippen LogP contribution in [0.15, 0.2) is 97.1 Å². The SMILES string of the molecule is Clc1nc(-c2ccccc2)nc(-c2ccc(-c3ccc(C4=CC=CCC4)cc3)cc2)n1. The van der Waals surface area contributed by atoms with Gasteiger partial charge in [-0.05, 0) is 46.7 Å². The lowest BCUT2D eigenvalue weighted by Gasteiger charge is -2.10. The number of allylic oxidation sites excluding steroid dienone is 4. The van der Waals surface area contributed by atoms with Crippen molar-refractivity contribution in [2.24, 2.45) is 0 Å². The lowest BCUT2D eigenvalue weighted by Crippen LogP contribution is -1.97. The predicted molar refractivity (Wildman–Crippen MR) is 127 cm³/mol. The number of benzene rings is 3. The molecule has 0 aliphatic heterocycles. The minimum atomic E-state index is 0.190. The summed E-state index contributed by atoms with van der Waals surface area (Å²) in [4.78, 5) is 13.2. The maximum Gasteiger partial charge on any atom is 0.226 e. The van der Waals surface area contributed by atoms with Crippen molar-refractivity contribution < 1.29 is 0 Å². The first-order valence-electron chi connectivity index (χ1n) is 10.3. The van der Waals surface area contributed by atoms with Crippen LogP contribution < -0.4 is 0 Å². The molecule has 0 unspecified atom stereocenters.